The van der Waals surface area contributed by atoms with E-state index in [1.165, 1.54) is 18.8 Å². The summed E-state index contributed by atoms with van der Waals surface area (Å²) in [6.07, 6.45) is -4.58. The molecule has 136 valence electrons. The third-order valence-electron chi connectivity index (χ3n) is 3.63. The van der Waals surface area contributed by atoms with Gasteiger partial charge in [-0.2, -0.15) is 13.2 Å². The smallest absolute Gasteiger partial charge is 0.286 e. The zero-order chi connectivity index (χ0) is 18.9. The molecule has 1 amide bonds. The zero-order valence-electron chi connectivity index (χ0n) is 13.9. The highest BCUT2D eigenvalue weighted by Gasteiger charge is 2.36. The maximum Gasteiger partial charge on any atom is 0.445 e. The Morgan fingerprint density at radius 1 is 1.19 bits per heavy atom. The van der Waals surface area contributed by atoms with Crippen LogP contribution in [0.5, 0.6) is 0 Å². The first-order valence-electron chi connectivity index (χ1n) is 7.65. The normalized spacial score (nSPS) is 11.7. The van der Waals surface area contributed by atoms with Crippen LogP contribution in [0.1, 0.15) is 22.3 Å². The average molecular weight is 397 g/mol. The Hall–Kier alpha value is -2.13. The van der Waals surface area contributed by atoms with E-state index in [9.17, 15) is 18.0 Å². The van der Waals surface area contributed by atoms with E-state index in [1.54, 1.807) is 6.07 Å². The maximum absolute atomic E-state index is 12.9. The van der Waals surface area contributed by atoms with E-state index >= 15 is 0 Å². The first-order valence-corrected chi connectivity index (χ1v) is 9.46. The van der Waals surface area contributed by atoms with Crippen molar-refractivity contribution < 1.29 is 18.0 Å². The number of carbonyl (C=O) groups is 1. The third-order valence-corrected chi connectivity index (χ3v) is 5.61. The predicted octanol–water partition coefficient (Wildman–Crippen LogP) is 5.10. The summed E-state index contributed by atoms with van der Waals surface area (Å²) in [6.45, 7) is 1.97. The fourth-order valence-corrected chi connectivity index (χ4v) is 3.89. The van der Waals surface area contributed by atoms with Crippen LogP contribution in [0.4, 0.5) is 18.3 Å². The highest BCUT2D eigenvalue weighted by molar-refractivity contribution is 7.99. The van der Waals surface area contributed by atoms with Gasteiger partial charge in [0.05, 0.1) is 5.56 Å². The second kappa shape index (κ2) is 7.24. The number of halogens is 3. The highest BCUT2D eigenvalue weighted by Crippen LogP contribution is 2.35. The SMILES string of the molecule is CCSc1cc2ccccc2cc1C(=O)N(C)c1nnc(C(F)(F)F)s1. The lowest BCUT2D eigenvalue weighted by molar-refractivity contribution is -0.138. The molecule has 4 nitrogen and oxygen atoms in total. The van der Waals surface area contributed by atoms with Gasteiger partial charge >= 0.3 is 6.18 Å². The molecule has 0 aliphatic rings. The molecule has 0 fully saturated rings. The van der Waals surface area contributed by atoms with E-state index < -0.39 is 17.1 Å². The molecular weight excluding hydrogens is 383 g/mol. The van der Waals surface area contributed by atoms with Crippen LogP contribution in [0, 0.1) is 0 Å². The second-order valence-corrected chi connectivity index (χ2v) is 7.64. The first-order chi connectivity index (χ1) is 12.3. The van der Waals surface area contributed by atoms with Crippen molar-refractivity contribution in [3.63, 3.8) is 0 Å². The third kappa shape index (κ3) is 3.68. The van der Waals surface area contributed by atoms with Crippen LogP contribution in [0.2, 0.25) is 0 Å². The van der Waals surface area contributed by atoms with Gasteiger partial charge in [-0.3, -0.25) is 9.69 Å². The minimum Gasteiger partial charge on any atom is -0.286 e. The largest absolute Gasteiger partial charge is 0.445 e. The summed E-state index contributed by atoms with van der Waals surface area (Å²) in [5.74, 6) is 0.343. The van der Waals surface area contributed by atoms with Gasteiger partial charge in [-0.05, 0) is 28.7 Å². The summed E-state index contributed by atoms with van der Waals surface area (Å²) in [5.41, 5.74) is 0.432. The molecule has 9 heteroatoms. The number of benzene rings is 2. The molecule has 0 bridgehead atoms. The lowest BCUT2D eigenvalue weighted by atomic mass is 10.1. The van der Waals surface area contributed by atoms with Crippen LogP contribution in [-0.2, 0) is 6.18 Å². The van der Waals surface area contributed by atoms with Crippen molar-refractivity contribution in [1.29, 1.82) is 0 Å². The van der Waals surface area contributed by atoms with E-state index in [4.69, 9.17) is 0 Å². The summed E-state index contributed by atoms with van der Waals surface area (Å²) < 4.78 is 38.2. The predicted molar refractivity (Wildman–Crippen MR) is 98.0 cm³/mol. The van der Waals surface area contributed by atoms with Gasteiger partial charge in [-0.1, -0.05) is 42.5 Å². The molecule has 2 aromatic carbocycles. The Kier molecular flexibility index (Phi) is 5.19. The average Bonchev–Trinajstić information content (AvgIpc) is 3.10. The number of fused-ring (bicyclic) bond motifs is 1. The van der Waals surface area contributed by atoms with Crippen LogP contribution < -0.4 is 4.90 Å². The topological polar surface area (TPSA) is 46.1 Å². The zero-order valence-corrected chi connectivity index (χ0v) is 15.5. The van der Waals surface area contributed by atoms with Crippen LogP contribution in [0.15, 0.2) is 41.3 Å². The molecule has 0 unspecified atom stereocenters. The van der Waals surface area contributed by atoms with Gasteiger partial charge in [-0.15, -0.1) is 22.0 Å². The number of aromatic nitrogens is 2. The monoisotopic (exact) mass is 397 g/mol. The Morgan fingerprint density at radius 3 is 2.42 bits per heavy atom. The molecule has 0 N–H and O–H groups in total. The molecule has 0 atom stereocenters. The number of hydrogen-bond acceptors (Lipinski definition) is 5. The first kappa shape index (κ1) is 18.7. The van der Waals surface area contributed by atoms with E-state index in [2.05, 4.69) is 10.2 Å². The van der Waals surface area contributed by atoms with E-state index in [-0.39, 0.29) is 5.13 Å². The number of nitrogens with zero attached hydrogens (tertiary/aromatic N) is 3. The number of carbonyl (C=O) groups excluding carboxylic acids is 1. The maximum atomic E-state index is 12.9. The van der Waals surface area contributed by atoms with Crippen LogP contribution >= 0.6 is 23.1 Å². The van der Waals surface area contributed by atoms with Crippen molar-refractivity contribution in [3.05, 3.63) is 47.0 Å². The molecule has 1 heterocycles. The van der Waals surface area contributed by atoms with Crippen LogP contribution in [0.3, 0.4) is 0 Å². The number of amides is 1. The van der Waals surface area contributed by atoms with E-state index in [0.29, 0.717) is 16.9 Å². The number of rotatable bonds is 4. The summed E-state index contributed by atoms with van der Waals surface area (Å²) in [4.78, 5) is 14.8. The van der Waals surface area contributed by atoms with Gasteiger partial charge < -0.3 is 0 Å². The molecule has 0 aliphatic heterocycles. The highest BCUT2D eigenvalue weighted by atomic mass is 32.2. The Balaban J connectivity index is 2.00. The van der Waals surface area contributed by atoms with E-state index in [0.717, 1.165) is 26.3 Å². The van der Waals surface area contributed by atoms with Crippen LogP contribution in [0.25, 0.3) is 10.8 Å². The van der Waals surface area contributed by atoms with Gasteiger partial charge in [-0.25, -0.2) is 0 Å². The molecular formula is C17H14F3N3OS2. The quantitative estimate of drug-likeness (QED) is 0.575. The molecule has 3 rings (SSSR count). The summed E-state index contributed by atoms with van der Waals surface area (Å²) in [7, 11) is 1.40. The molecule has 0 aliphatic carbocycles. The van der Waals surface area contributed by atoms with Crippen molar-refractivity contribution in [2.24, 2.45) is 0 Å². The van der Waals surface area contributed by atoms with E-state index in [1.807, 2.05) is 37.3 Å². The standard InChI is InChI=1S/C17H14F3N3OS2/c1-3-25-13-9-11-7-5-4-6-10(11)8-12(13)14(24)23(2)16-22-21-15(26-16)17(18,19)20/h4-9H,3H2,1-2H3. The Labute approximate surface area is 156 Å². The molecule has 0 saturated carbocycles. The fraction of sp³-hybridized carbons (Fsp3) is 0.235. The lowest BCUT2D eigenvalue weighted by Gasteiger charge is -2.16. The number of alkyl halides is 3. The van der Waals surface area contributed by atoms with Crippen molar-refractivity contribution in [2.45, 2.75) is 18.0 Å². The summed E-state index contributed by atoms with van der Waals surface area (Å²) in [6, 6.07) is 11.3. The molecule has 3 aromatic rings. The second-order valence-electron chi connectivity index (χ2n) is 5.38. The molecule has 26 heavy (non-hydrogen) atoms. The number of anilines is 1. The summed E-state index contributed by atoms with van der Waals surface area (Å²) >= 11 is 1.85. The van der Waals surface area contributed by atoms with Gasteiger partial charge in [0.15, 0.2) is 0 Å². The van der Waals surface area contributed by atoms with Crippen molar-refractivity contribution in [1.82, 2.24) is 10.2 Å². The lowest BCUT2D eigenvalue weighted by Crippen LogP contribution is -2.26. The molecule has 0 saturated heterocycles. The number of hydrogen-bond donors (Lipinski definition) is 0. The molecule has 0 radical (unpaired) electrons. The van der Waals surface area contributed by atoms with Gasteiger partial charge in [0, 0.05) is 11.9 Å². The van der Waals surface area contributed by atoms with Crippen molar-refractivity contribution >= 4 is 44.9 Å². The fourth-order valence-electron chi connectivity index (χ4n) is 2.39. The van der Waals surface area contributed by atoms with Crippen molar-refractivity contribution in [3.8, 4) is 0 Å². The van der Waals surface area contributed by atoms with Crippen molar-refractivity contribution in [2.75, 3.05) is 17.7 Å². The number of thioether (sulfide) groups is 1. The van der Waals surface area contributed by atoms with Gasteiger partial charge in [0.1, 0.15) is 0 Å². The van der Waals surface area contributed by atoms with Gasteiger partial charge in [0.25, 0.3) is 5.91 Å². The molecule has 0 spiro atoms. The Morgan fingerprint density at radius 2 is 1.85 bits per heavy atom. The Bertz CT molecular complexity index is 956. The molecule has 1 aromatic heterocycles. The minimum absolute atomic E-state index is 0.0945. The minimum atomic E-state index is -4.58. The van der Waals surface area contributed by atoms with Crippen LogP contribution in [-0.4, -0.2) is 28.9 Å². The summed E-state index contributed by atoms with van der Waals surface area (Å²) in [5, 5.41) is 7.37. The van der Waals surface area contributed by atoms with Gasteiger partial charge in [0.2, 0.25) is 10.1 Å².